The Morgan fingerprint density at radius 3 is 1.82 bits per heavy atom. The molecule has 5 nitrogen and oxygen atoms in total. The SMILES string of the molecule is Cc1ccc([C@@H]([NH2+][C@H](C(=O)NC(N)=O)c2ccccc2)c2ccccc2)cc1. The van der Waals surface area contributed by atoms with Gasteiger partial charge in [0.1, 0.15) is 6.04 Å². The Labute approximate surface area is 164 Å². The van der Waals surface area contributed by atoms with E-state index in [9.17, 15) is 9.59 Å². The van der Waals surface area contributed by atoms with Crippen LogP contribution in [0.2, 0.25) is 0 Å². The van der Waals surface area contributed by atoms with E-state index in [0.717, 1.165) is 16.7 Å². The van der Waals surface area contributed by atoms with Crippen molar-refractivity contribution in [1.29, 1.82) is 0 Å². The molecule has 3 amide bonds. The third-order valence-corrected chi connectivity index (χ3v) is 4.67. The van der Waals surface area contributed by atoms with E-state index >= 15 is 0 Å². The number of hydrogen-bond acceptors (Lipinski definition) is 2. The first-order valence-electron chi connectivity index (χ1n) is 9.16. The van der Waals surface area contributed by atoms with E-state index in [1.54, 1.807) is 0 Å². The molecule has 0 fully saturated rings. The number of benzene rings is 3. The quantitative estimate of drug-likeness (QED) is 0.619. The minimum Gasteiger partial charge on any atom is -0.351 e. The standard InChI is InChI=1S/C23H23N3O2/c1-16-12-14-19(15-13-16)20(17-8-4-2-5-9-17)25-21(22(27)26-23(24)28)18-10-6-3-7-11-18/h2-15,20-21,25H,1H3,(H3,24,26,27,28)/p+1/t20-,21-/m0/s1. The molecule has 3 aromatic carbocycles. The first-order valence-corrected chi connectivity index (χ1v) is 9.16. The molecule has 0 aromatic heterocycles. The first kappa shape index (κ1) is 19.3. The molecule has 0 bridgehead atoms. The Morgan fingerprint density at radius 1 is 0.786 bits per heavy atom. The summed E-state index contributed by atoms with van der Waals surface area (Å²) in [6.07, 6.45) is 0. The second-order valence-electron chi connectivity index (χ2n) is 6.73. The number of nitrogens with one attached hydrogen (secondary N) is 1. The largest absolute Gasteiger partial charge is 0.351 e. The second kappa shape index (κ2) is 8.97. The van der Waals surface area contributed by atoms with Crippen molar-refractivity contribution in [1.82, 2.24) is 5.32 Å². The highest BCUT2D eigenvalue weighted by atomic mass is 16.2. The van der Waals surface area contributed by atoms with Gasteiger partial charge >= 0.3 is 6.03 Å². The normalized spacial score (nSPS) is 12.8. The summed E-state index contributed by atoms with van der Waals surface area (Å²) in [6, 6.07) is 26.0. The van der Waals surface area contributed by atoms with E-state index in [2.05, 4.69) is 29.6 Å². The number of urea groups is 1. The molecule has 0 saturated carbocycles. The summed E-state index contributed by atoms with van der Waals surface area (Å²) in [5.74, 6) is -0.438. The summed E-state index contributed by atoms with van der Waals surface area (Å²) < 4.78 is 0. The summed E-state index contributed by atoms with van der Waals surface area (Å²) in [6.45, 7) is 2.04. The third-order valence-electron chi connectivity index (χ3n) is 4.67. The maximum absolute atomic E-state index is 12.8. The molecule has 3 aromatic rings. The molecule has 0 unspecified atom stereocenters. The predicted molar refractivity (Wildman–Crippen MR) is 108 cm³/mol. The molecular formula is C23H24N3O2+. The van der Waals surface area contributed by atoms with Gasteiger partial charge in [0.15, 0.2) is 6.04 Å². The van der Waals surface area contributed by atoms with Crippen LogP contribution >= 0.6 is 0 Å². The maximum Gasteiger partial charge on any atom is 0.319 e. The zero-order chi connectivity index (χ0) is 19.9. The number of imide groups is 1. The summed E-state index contributed by atoms with van der Waals surface area (Å²) in [5, 5.41) is 4.19. The third kappa shape index (κ3) is 4.84. The van der Waals surface area contributed by atoms with Gasteiger partial charge in [-0.05, 0) is 6.92 Å². The number of carbonyl (C=O) groups is 2. The number of hydrogen-bond donors (Lipinski definition) is 3. The van der Waals surface area contributed by atoms with Crippen molar-refractivity contribution in [3.05, 3.63) is 107 Å². The fourth-order valence-electron chi connectivity index (χ4n) is 3.25. The van der Waals surface area contributed by atoms with Crippen molar-refractivity contribution in [3.63, 3.8) is 0 Å². The van der Waals surface area contributed by atoms with Crippen molar-refractivity contribution >= 4 is 11.9 Å². The van der Waals surface area contributed by atoms with Crippen molar-refractivity contribution in [2.24, 2.45) is 5.73 Å². The van der Waals surface area contributed by atoms with E-state index < -0.39 is 18.0 Å². The molecule has 0 saturated heterocycles. The van der Waals surface area contributed by atoms with Crippen molar-refractivity contribution < 1.29 is 14.9 Å². The summed E-state index contributed by atoms with van der Waals surface area (Å²) in [5.41, 5.74) is 9.31. The number of amides is 3. The van der Waals surface area contributed by atoms with Crippen LogP contribution in [-0.2, 0) is 4.79 Å². The molecule has 28 heavy (non-hydrogen) atoms. The lowest BCUT2D eigenvalue weighted by Crippen LogP contribution is -2.88. The topological polar surface area (TPSA) is 88.8 Å². The molecule has 2 atom stereocenters. The Kier molecular flexibility index (Phi) is 6.19. The van der Waals surface area contributed by atoms with E-state index in [4.69, 9.17) is 5.73 Å². The molecule has 0 aliphatic rings. The van der Waals surface area contributed by atoms with Crippen LogP contribution in [0.1, 0.15) is 34.3 Å². The molecule has 3 rings (SSSR count). The van der Waals surface area contributed by atoms with Gasteiger partial charge in [-0.25, -0.2) is 4.79 Å². The van der Waals surface area contributed by atoms with Crippen LogP contribution in [0.5, 0.6) is 0 Å². The Bertz CT molecular complexity index is 925. The highest BCUT2D eigenvalue weighted by Crippen LogP contribution is 2.21. The minimum absolute atomic E-state index is 0.120. The molecule has 5 N–H and O–H groups in total. The van der Waals surface area contributed by atoms with Crippen LogP contribution in [0.4, 0.5) is 4.79 Å². The highest BCUT2D eigenvalue weighted by molar-refractivity contribution is 5.96. The van der Waals surface area contributed by atoms with Crippen LogP contribution in [0.15, 0.2) is 84.9 Å². The van der Waals surface area contributed by atoms with Gasteiger partial charge in [-0.15, -0.1) is 0 Å². The van der Waals surface area contributed by atoms with Crippen LogP contribution in [0.25, 0.3) is 0 Å². The lowest BCUT2D eigenvalue weighted by atomic mass is 9.95. The fraction of sp³-hybridized carbons (Fsp3) is 0.130. The van der Waals surface area contributed by atoms with Gasteiger partial charge in [0.2, 0.25) is 0 Å². The molecule has 0 aliphatic heterocycles. The number of rotatable bonds is 6. The molecule has 0 spiro atoms. The monoisotopic (exact) mass is 374 g/mol. The van der Waals surface area contributed by atoms with Gasteiger partial charge in [-0.2, -0.15) is 0 Å². The fourth-order valence-corrected chi connectivity index (χ4v) is 3.25. The van der Waals surface area contributed by atoms with Crippen LogP contribution in [0.3, 0.4) is 0 Å². The number of aryl methyl sites for hydroxylation is 1. The number of quaternary nitrogens is 1. The summed E-state index contributed by atoms with van der Waals surface area (Å²) >= 11 is 0. The number of primary amides is 1. The smallest absolute Gasteiger partial charge is 0.319 e. The van der Waals surface area contributed by atoms with Crippen molar-refractivity contribution in [3.8, 4) is 0 Å². The van der Waals surface area contributed by atoms with Crippen molar-refractivity contribution in [2.45, 2.75) is 19.0 Å². The van der Waals surface area contributed by atoms with Crippen LogP contribution < -0.4 is 16.4 Å². The zero-order valence-corrected chi connectivity index (χ0v) is 15.7. The molecular weight excluding hydrogens is 350 g/mol. The summed E-state index contributed by atoms with van der Waals surface area (Å²) in [4.78, 5) is 24.0. The van der Waals surface area contributed by atoms with E-state index in [0.29, 0.717) is 0 Å². The van der Waals surface area contributed by atoms with Gasteiger partial charge in [-0.3, -0.25) is 10.1 Å². The highest BCUT2D eigenvalue weighted by Gasteiger charge is 2.30. The molecule has 5 heteroatoms. The average molecular weight is 374 g/mol. The van der Waals surface area contributed by atoms with E-state index in [-0.39, 0.29) is 6.04 Å². The molecule has 0 heterocycles. The number of nitrogens with two attached hydrogens (primary N) is 2. The van der Waals surface area contributed by atoms with Crippen LogP contribution in [-0.4, -0.2) is 11.9 Å². The first-order chi connectivity index (χ1) is 13.5. The Hall–Kier alpha value is -3.44. The van der Waals surface area contributed by atoms with Gasteiger partial charge < -0.3 is 11.1 Å². The van der Waals surface area contributed by atoms with Crippen LogP contribution in [0, 0.1) is 6.92 Å². The maximum atomic E-state index is 12.8. The Balaban J connectivity index is 2.00. The van der Waals surface area contributed by atoms with E-state index in [1.165, 1.54) is 5.56 Å². The van der Waals surface area contributed by atoms with Gasteiger partial charge in [0, 0.05) is 16.7 Å². The lowest BCUT2D eigenvalue weighted by molar-refractivity contribution is -0.713. The lowest BCUT2D eigenvalue weighted by Gasteiger charge is -2.23. The van der Waals surface area contributed by atoms with Gasteiger partial charge in [0.05, 0.1) is 0 Å². The molecule has 142 valence electrons. The van der Waals surface area contributed by atoms with Crippen molar-refractivity contribution in [2.75, 3.05) is 0 Å². The van der Waals surface area contributed by atoms with E-state index in [1.807, 2.05) is 72.9 Å². The summed E-state index contributed by atoms with van der Waals surface area (Å²) in [7, 11) is 0. The zero-order valence-electron chi connectivity index (χ0n) is 15.7. The Morgan fingerprint density at radius 2 is 1.29 bits per heavy atom. The average Bonchev–Trinajstić information content (AvgIpc) is 2.70. The van der Waals surface area contributed by atoms with Gasteiger partial charge in [-0.1, -0.05) is 90.5 Å². The molecule has 0 aliphatic carbocycles. The minimum atomic E-state index is -0.856. The number of carbonyl (C=O) groups excluding carboxylic acids is 2. The second-order valence-corrected chi connectivity index (χ2v) is 6.73. The predicted octanol–water partition coefficient (Wildman–Crippen LogP) is 2.58. The molecule has 0 radical (unpaired) electrons. The van der Waals surface area contributed by atoms with Gasteiger partial charge in [0.25, 0.3) is 5.91 Å².